The van der Waals surface area contributed by atoms with Crippen molar-refractivity contribution in [1.29, 1.82) is 0 Å². The van der Waals surface area contributed by atoms with E-state index in [2.05, 4.69) is 20.9 Å². The van der Waals surface area contributed by atoms with Crippen LogP contribution in [-0.4, -0.2) is 10.9 Å². The Labute approximate surface area is 169 Å². The van der Waals surface area contributed by atoms with Gasteiger partial charge >= 0.3 is 0 Å². The average Bonchev–Trinajstić information content (AvgIpc) is 3.34. The second-order valence-electron chi connectivity index (χ2n) is 6.15. The van der Waals surface area contributed by atoms with E-state index >= 15 is 0 Å². The van der Waals surface area contributed by atoms with Crippen molar-refractivity contribution in [3.8, 4) is 0 Å². The van der Waals surface area contributed by atoms with Crippen LogP contribution in [0.2, 0.25) is 0 Å². The number of furan rings is 1. The van der Waals surface area contributed by atoms with Gasteiger partial charge in [-0.05, 0) is 42.3 Å². The zero-order valence-corrected chi connectivity index (χ0v) is 16.9. The summed E-state index contributed by atoms with van der Waals surface area (Å²) in [5, 5.41) is 0.692. The quantitative estimate of drug-likeness (QED) is 0.379. The highest BCUT2D eigenvalue weighted by Gasteiger charge is 2.21. The Morgan fingerprint density at radius 3 is 2.74 bits per heavy atom. The maximum Gasteiger partial charge on any atom is 0.229 e. The van der Waals surface area contributed by atoms with Crippen molar-refractivity contribution in [3.63, 3.8) is 0 Å². The number of carbonyl (C=O) groups is 1. The summed E-state index contributed by atoms with van der Waals surface area (Å²) in [6.45, 7) is 0.377. The minimum absolute atomic E-state index is 0.0355. The van der Waals surface area contributed by atoms with Gasteiger partial charge in [0.1, 0.15) is 5.76 Å². The third-order valence-corrected chi connectivity index (χ3v) is 5.77. The zero-order valence-electron chi connectivity index (χ0n) is 14.5. The van der Waals surface area contributed by atoms with Gasteiger partial charge in [0.15, 0.2) is 5.13 Å². The zero-order chi connectivity index (χ0) is 18.6. The first-order valence-corrected chi connectivity index (χ1v) is 10.2. The summed E-state index contributed by atoms with van der Waals surface area (Å²) in [5.41, 5.74) is 2.04. The molecule has 4 nitrogen and oxygen atoms in total. The Morgan fingerprint density at radius 2 is 1.96 bits per heavy atom. The number of rotatable bonds is 6. The van der Waals surface area contributed by atoms with E-state index in [0.717, 1.165) is 26.0 Å². The molecule has 0 bridgehead atoms. The first kappa shape index (κ1) is 17.9. The minimum atomic E-state index is 0.0355. The third-order valence-electron chi connectivity index (χ3n) is 4.24. The Balaban J connectivity index is 1.60. The molecule has 1 amide bonds. The number of halogens is 1. The van der Waals surface area contributed by atoms with Crippen LogP contribution in [0.4, 0.5) is 5.13 Å². The lowest BCUT2D eigenvalue weighted by molar-refractivity contribution is -0.118. The van der Waals surface area contributed by atoms with Crippen LogP contribution in [0.5, 0.6) is 0 Å². The Hall–Kier alpha value is -2.44. The van der Waals surface area contributed by atoms with Crippen LogP contribution < -0.4 is 4.90 Å². The molecule has 4 rings (SSSR count). The topological polar surface area (TPSA) is 46.3 Å². The van der Waals surface area contributed by atoms with Gasteiger partial charge in [-0.15, -0.1) is 0 Å². The van der Waals surface area contributed by atoms with Gasteiger partial charge < -0.3 is 4.42 Å². The number of aryl methyl sites for hydroxylation is 1. The van der Waals surface area contributed by atoms with Gasteiger partial charge in [-0.1, -0.05) is 57.6 Å². The number of benzene rings is 2. The average molecular weight is 441 g/mol. The van der Waals surface area contributed by atoms with Gasteiger partial charge in [0.05, 0.1) is 23.0 Å². The lowest BCUT2D eigenvalue weighted by atomic mass is 10.1. The highest BCUT2D eigenvalue weighted by Crippen LogP contribution is 2.32. The number of hydrogen-bond donors (Lipinski definition) is 0. The van der Waals surface area contributed by atoms with E-state index in [1.165, 1.54) is 11.3 Å². The Kier molecular flexibility index (Phi) is 5.36. The molecule has 0 aliphatic rings. The van der Waals surface area contributed by atoms with Crippen LogP contribution in [0.25, 0.3) is 10.2 Å². The molecule has 0 spiro atoms. The summed E-state index contributed by atoms with van der Waals surface area (Å²) in [6, 6.07) is 19.7. The Morgan fingerprint density at radius 1 is 1.11 bits per heavy atom. The number of carbonyl (C=O) groups excluding carboxylic acids is 1. The van der Waals surface area contributed by atoms with Crippen molar-refractivity contribution in [2.24, 2.45) is 0 Å². The molecule has 0 radical (unpaired) electrons. The SMILES string of the molecule is O=C(CCc1ccccc1)N(Cc1ccco1)c1nc2ccc(Br)cc2s1. The van der Waals surface area contributed by atoms with Crippen LogP contribution >= 0.6 is 27.3 Å². The van der Waals surface area contributed by atoms with Crippen molar-refractivity contribution in [2.45, 2.75) is 19.4 Å². The molecule has 27 heavy (non-hydrogen) atoms. The van der Waals surface area contributed by atoms with E-state index in [1.807, 2.05) is 60.7 Å². The molecule has 2 aromatic heterocycles. The predicted octanol–water partition coefficient (Wildman–Crippen LogP) is 5.82. The standard InChI is InChI=1S/C21H17BrN2O2S/c22-16-9-10-18-19(13-16)27-21(23-18)24(14-17-7-4-12-26-17)20(25)11-8-15-5-2-1-3-6-15/h1-7,9-10,12-13H,8,11,14H2. The largest absolute Gasteiger partial charge is 0.467 e. The monoisotopic (exact) mass is 440 g/mol. The molecule has 2 heterocycles. The predicted molar refractivity (Wildman–Crippen MR) is 112 cm³/mol. The number of amides is 1. The van der Waals surface area contributed by atoms with Crippen LogP contribution in [0, 0.1) is 0 Å². The van der Waals surface area contributed by atoms with Gasteiger partial charge in [-0.25, -0.2) is 4.98 Å². The van der Waals surface area contributed by atoms with E-state index in [1.54, 1.807) is 11.2 Å². The molecule has 0 atom stereocenters. The molecule has 0 fully saturated rings. The van der Waals surface area contributed by atoms with Crippen LogP contribution in [0.3, 0.4) is 0 Å². The number of hydrogen-bond acceptors (Lipinski definition) is 4. The lowest BCUT2D eigenvalue weighted by Gasteiger charge is -2.18. The molecule has 2 aromatic carbocycles. The number of thiazole rings is 1. The first-order valence-electron chi connectivity index (χ1n) is 8.62. The minimum Gasteiger partial charge on any atom is -0.467 e. The van der Waals surface area contributed by atoms with Gasteiger partial charge in [0.25, 0.3) is 0 Å². The molecule has 0 aliphatic carbocycles. The summed E-state index contributed by atoms with van der Waals surface area (Å²) in [7, 11) is 0. The molecule has 6 heteroatoms. The molecular formula is C21H17BrN2O2S. The molecule has 0 N–H and O–H groups in total. The van der Waals surface area contributed by atoms with E-state index in [4.69, 9.17) is 4.42 Å². The fourth-order valence-electron chi connectivity index (χ4n) is 2.85. The van der Waals surface area contributed by atoms with Gasteiger partial charge in [-0.2, -0.15) is 0 Å². The van der Waals surface area contributed by atoms with Crippen LogP contribution in [0.15, 0.2) is 75.8 Å². The van der Waals surface area contributed by atoms with Crippen LogP contribution in [-0.2, 0) is 17.8 Å². The molecule has 0 aliphatic heterocycles. The van der Waals surface area contributed by atoms with E-state index < -0.39 is 0 Å². The summed E-state index contributed by atoms with van der Waals surface area (Å²) >= 11 is 5.00. The van der Waals surface area contributed by atoms with Crippen molar-refractivity contribution in [2.75, 3.05) is 4.90 Å². The lowest BCUT2D eigenvalue weighted by Crippen LogP contribution is -2.30. The summed E-state index contributed by atoms with van der Waals surface area (Å²) in [6.07, 6.45) is 2.74. The number of nitrogens with zero attached hydrogens (tertiary/aromatic N) is 2. The maximum absolute atomic E-state index is 13.0. The number of aromatic nitrogens is 1. The fourth-order valence-corrected chi connectivity index (χ4v) is 4.39. The van der Waals surface area contributed by atoms with E-state index in [-0.39, 0.29) is 5.91 Å². The number of fused-ring (bicyclic) bond motifs is 1. The molecule has 4 aromatic rings. The van der Waals surface area contributed by atoms with E-state index in [0.29, 0.717) is 24.5 Å². The summed E-state index contributed by atoms with van der Waals surface area (Å²) < 4.78 is 7.51. The van der Waals surface area contributed by atoms with Crippen molar-refractivity contribution < 1.29 is 9.21 Å². The molecule has 0 saturated carbocycles. The second-order valence-corrected chi connectivity index (χ2v) is 8.08. The molecule has 0 unspecified atom stereocenters. The Bertz CT molecular complexity index is 1040. The van der Waals surface area contributed by atoms with Gasteiger partial charge in [0, 0.05) is 10.9 Å². The smallest absolute Gasteiger partial charge is 0.229 e. The molecule has 136 valence electrons. The van der Waals surface area contributed by atoms with E-state index in [9.17, 15) is 4.79 Å². The highest BCUT2D eigenvalue weighted by molar-refractivity contribution is 9.10. The fraction of sp³-hybridized carbons (Fsp3) is 0.143. The highest BCUT2D eigenvalue weighted by atomic mass is 79.9. The van der Waals surface area contributed by atoms with Crippen LogP contribution in [0.1, 0.15) is 17.7 Å². The molecular weight excluding hydrogens is 424 g/mol. The van der Waals surface area contributed by atoms with Crippen molar-refractivity contribution in [3.05, 3.63) is 82.7 Å². The third kappa shape index (κ3) is 4.28. The summed E-state index contributed by atoms with van der Waals surface area (Å²) in [5.74, 6) is 0.775. The molecule has 0 saturated heterocycles. The maximum atomic E-state index is 13.0. The normalized spacial score (nSPS) is 11.0. The van der Waals surface area contributed by atoms with Gasteiger partial charge in [-0.3, -0.25) is 9.69 Å². The van der Waals surface area contributed by atoms with Gasteiger partial charge in [0.2, 0.25) is 5.91 Å². The first-order chi connectivity index (χ1) is 13.2. The summed E-state index contributed by atoms with van der Waals surface area (Å²) in [4.78, 5) is 19.4. The van der Waals surface area contributed by atoms with Crippen molar-refractivity contribution >= 4 is 48.5 Å². The second kappa shape index (κ2) is 8.06. The number of anilines is 1. The van der Waals surface area contributed by atoms with Crippen molar-refractivity contribution in [1.82, 2.24) is 4.98 Å².